The van der Waals surface area contributed by atoms with Crippen molar-refractivity contribution in [1.29, 1.82) is 0 Å². The van der Waals surface area contributed by atoms with Gasteiger partial charge in [0.25, 0.3) is 5.91 Å². The van der Waals surface area contributed by atoms with Crippen molar-refractivity contribution in [1.82, 2.24) is 20.1 Å². The Morgan fingerprint density at radius 2 is 2.07 bits per heavy atom. The van der Waals surface area contributed by atoms with E-state index in [9.17, 15) is 4.79 Å². The molecule has 0 radical (unpaired) electrons. The molecule has 3 aromatic heterocycles. The number of carbonyl (C=O) groups excluding carboxylic acids is 1. The minimum Gasteiger partial charge on any atom is -0.349 e. The molecule has 28 heavy (non-hydrogen) atoms. The van der Waals surface area contributed by atoms with Gasteiger partial charge in [-0.3, -0.25) is 4.79 Å². The fraction of sp³-hybridized carbons (Fsp3) is 0.227. The molecule has 0 spiro atoms. The summed E-state index contributed by atoms with van der Waals surface area (Å²) in [6, 6.07) is 13.9. The summed E-state index contributed by atoms with van der Waals surface area (Å²) < 4.78 is 1.83. The Balaban J connectivity index is 1.70. The summed E-state index contributed by atoms with van der Waals surface area (Å²) in [5.74, 6) is -0.0945. The Bertz CT molecular complexity index is 1090. The van der Waals surface area contributed by atoms with Crippen LogP contribution < -0.4 is 5.32 Å². The second-order valence-corrected chi connectivity index (χ2v) is 7.61. The Hall–Kier alpha value is -2.99. The highest BCUT2D eigenvalue weighted by atomic mass is 32.1. The highest BCUT2D eigenvalue weighted by Crippen LogP contribution is 2.25. The van der Waals surface area contributed by atoms with E-state index in [2.05, 4.69) is 27.2 Å². The lowest BCUT2D eigenvalue weighted by molar-refractivity contribution is 0.0942. The lowest BCUT2D eigenvalue weighted by atomic mass is 10.1. The van der Waals surface area contributed by atoms with E-state index in [4.69, 9.17) is 4.98 Å². The molecular formula is C22H22N4OS. The van der Waals surface area contributed by atoms with Crippen molar-refractivity contribution in [2.75, 3.05) is 0 Å². The molecule has 1 atom stereocenters. The molecule has 6 heteroatoms. The molecule has 0 fully saturated rings. The summed E-state index contributed by atoms with van der Waals surface area (Å²) in [5, 5.41) is 12.5. The summed E-state index contributed by atoms with van der Waals surface area (Å²) in [4.78, 5) is 17.9. The van der Waals surface area contributed by atoms with Gasteiger partial charge in [-0.2, -0.15) is 16.4 Å². The number of fused-ring (bicyclic) bond motifs is 1. The molecule has 0 bridgehead atoms. The van der Waals surface area contributed by atoms with E-state index in [1.54, 1.807) is 17.5 Å². The zero-order chi connectivity index (χ0) is 19.5. The Morgan fingerprint density at radius 1 is 1.25 bits per heavy atom. The fourth-order valence-corrected chi connectivity index (χ4v) is 4.02. The zero-order valence-corrected chi connectivity index (χ0v) is 16.7. The second kappa shape index (κ2) is 7.94. The van der Waals surface area contributed by atoms with Crippen molar-refractivity contribution >= 4 is 28.3 Å². The van der Waals surface area contributed by atoms with Crippen LogP contribution in [-0.4, -0.2) is 26.7 Å². The first kappa shape index (κ1) is 18.4. The molecule has 5 nitrogen and oxygen atoms in total. The quantitative estimate of drug-likeness (QED) is 0.526. The van der Waals surface area contributed by atoms with E-state index in [1.807, 2.05) is 54.9 Å². The number of carbonyl (C=O) groups is 1. The van der Waals surface area contributed by atoms with Gasteiger partial charge < -0.3 is 5.32 Å². The van der Waals surface area contributed by atoms with Gasteiger partial charge in [-0.1, -0.05) is 30.3 Å². The minimum atomic E-state index is -0.0945. The average molecular weight is 391 g/mol. The number of benzene rings is 1. The summed E-state index contributed by atoms with van der Waals surface area (Å²) in [5.41, 5.74) is 4.34. The number of rotatable bonds is 6. The predicted molar refractivity (Wildman–Crippen MR) is 114 cm³/mol. The number of amides is 1. The number of thiophene rings is 1. The predicted octanol–water partition coefficient (Wildman–Crippen LogP) is 4.54. The van der Waals surface area contributed by atoms with Crippen molar-refractivity contribution in [3.05, 3.63) is 70.5 Å². The van der Waals surface area contributed by atoms with Crippen LogP contribution in [0.4, 0.5) is 0 Å². The van der Waals surface area contributed by atoms with Crippen LogP contribution in [0.25, 0.3) is 22.3 Å². The Labute approximate surface area is 168 Å². The average Bonchev–Trinajstić information content (AvgIpc) is 3.37. The monoisotopic (exact) mass is 390 g/mol. The van der Waals surface area contributed by atoms with E-state index in [-0.39, 0.29) is 11.9 Å². The number of aromatic nitrogens is 3. The fourth-order valence-electron chi connectivity index (χ4n) is 3.34. The van der Waals surface area contributed by atoms with E-state index in [0.29, 0.717) is 12.1 Å². The molecule has 0 aliphatic carbocycles. The van der Waals surface area contributed by atoms with Crippen LogP contribution in [0.5, 0.6) is 0 Å². The van der Waals surface area contributed by atoms with Crippen molar-refractivity contribution < 1.29 is 4.79 Å². The molecule has 0 saturated heterocycles. The van der Waals surface area contributed by atoms with Crippen LogP contribution in [0.2, 0.25) is 0 Å². The smallest absolute Gasteiger partial charge is 0.252 e. The van der Waals surface area contributed by atoms with Crippen molar-refractivity contribution in [3.63, 3.8) is 0 Å². The summed E-state index contributed by atoms with van der Waals surface area (Å²) >= 11 is 1.67. The molecule has 1 aromatic carbocycles. The topological polar surface area (TPSA) is 59.8 Å². The van der Waals surface area contributed by atoms with E-state index in [1.165, 1.54) is 5.56 Å². The maximum Gasteiger partial charge on any atom is 0.252 e. The Kier molecular flexibility index (Phi) is 5.21. The molecule has 0 aliphatic rings. The SMILES string of the molecule is CCn1ncc2c(C(=O)NC(C)Cc3ccsc3)cc(-c3ccccc3)nc21. The van der Waals surface area contributed by atoms with Gasteiger partial charge in [0, 0.05) is 18.2 Å². The standard InChI is InChI=1S/C22H22N4OS/c1-3-26-21-19(13-23-26)18(12-20(25-21)17-7-5-4-6-8-17)22(27)24-15(2)11-16-9-10-28-14-16/h4-10,12-15H,3,11H2,1-2H3,(H,24,27). The van der Waals surface area contributed by atoms with Crippen LogP contribution in [0.3, 0.4) is 0 Å². The molecule has 4 aromatic rings. The minimum absolute atomic E-state index is 0.0340. The van der Waals surface area contributed by atoms with Crippen molar-refractivity contribution in [2.24, 2.45) is 0 Å². The molecule has 3 heterocycles. The van der Waals surface area contributed by atoms with Crippen molar-refractivity contribution in [2.45, 2.75) is 32.9 Å². The first-order valence-corrected chi connectivity index (χ1v) is 10.3. The van der Waals surface area contributed by atoms with E-state index in [0.717, 1.165) is 28.7 Å². The van der Waals surface area contributed by atoms with Crippen LogP contribution >= 0.6 is 11.3 Å². The molecule has 0 saturated carbocycles. The van der Waals surface area contributed by atoms with Gasteiger partial charge >= 0.3 is 0 Å². The largest absolute Gasteiger partial charge is 0.349 e. The number of pyridine rings is 1. The van der Waals surface area contributed by atoms with Gasteiger partial charge in [-0.05, 0) is 48.7 Å². The van der Waals surface area contributed by atoms with Gasteiger partial charge in [0.2, 0.25) is 0 Å². The van der Waals surface area contributed by atoms with Gasteiger partial charge in [-0.15, -0.1) is 0 Å². The number of aryl methyl sites for hydroxylation is 1. The molecule has 4 rings (SSSR count). The molecule has 142 valence electrons. The third-order valence-electron chi connectivity index (χ3n) is 4.72. The lowest BCUT2D eigenvalue weighted by Crippen LogP contribution is -2.34. The number of hydrogen-bond donors (Lipinski definition) is 1. The first-order chi connectivity index (χ1) is 13.7. The molecule has 1 amide bonds. The van der Waals surface area contributed by atoms with Crippen LogP contribution in [0, 0.1) is 0 Å². The van der Waals surface area contributed by atoms with Crippen LogP contribution in [0.15, 0.2) is 59.4 Å². The third kappa shape index (κ3) is 3.68. The van der Waals surface area contributed by atoms with Gasteiger partial charge in [0.15, 0.2) is 5.65 Å². The number of nitrogens with zero attached hydrogens (tertiary/aromatic N) is 3. The van der Waals surface area contributed by atoms with Crippen LogP contribution in [0.1, 0.15) is 29.8 Å². The van der Waals surface area contributed by atoms with E-state index >= 15 is 0 Å². The van der Waals surface area contributed by atoms with Gasteiger partial charge in [0.05, 0.1) is 22.8 Å². The molecule has 1 unspecified atom stereocenters. The summed E-state index contributed by atoms with van der Waals surface area (Å²) in [7, 11) is 0. The van der Waals surface area contributed by atoms with Crippen LogP contribution in [-0.2, 0) is 13.0 Å². The maximum atomic E-state index is 13.1. The zero-order valence-electron chi connectivity index (χ0n) is 15.9. The highest BCUT2D eigenvalue weighted by Gasteiger charge is 2.18. The van der Waals surface area contributed by atoms with Crippen molar-refractivity contribution in [3.8, 4) is 11.3 Å². The molecular weight excluding hydrogens is 368 g/mol. The maximum absolute atomic E-state index is 13.1. The van der Waals surface area contributed by atoms with Gasteiger partial charge in [-0.25, -0.2) is 9.67 Å². The van der Waals surface area contributed by atoms with E-state index < -0.39 is 0 Å². The third-order valence-corrected chi connectivity index (χ3v) is 5.45. The summed E-state index contributed by atoms with van der Waals surface area (Å²) in [6.45, 7) is 4.75. The highest BCUT2D eigenvalue weighted by molar-refractivity contribution is 7.07. The van der Waals surface area contributed by atoms with Gasteiger partial charge in [0.1, 0.15) is 0 Å². The summed E-state index contributed by atoms with van der Waals surface area (Å²) in [6.07, 6.45) is 2.54. The molecule has 0 aliphatic heterocycles. The normalized spacial score (nSPS) is 12.2. The lowest BCUT2D eigenvalue weighted by Gasteiger charge is -2.14. The molecule has 1 N–H and O–H groups in total. The second-order valence-electron chi connectivity index (χ2n) is 6.83. The number of nitrogens with one attached hydrogen (secondary N) is 1. The number of hydrogen-bond acceptors (Lipinski definition) is 4. The first-order valence-electron chi connectivity index (χ1n) is 9.39. The Morgan fingerprint density at radius 3 is 2.79 bits per heavy atom.